The molecule has 0 aliphatic carbocycles. The summed E-state index contributed by atoms with van der Waals surface area (Å²) in [5.74, 6) is -0.0347. The minimum absolute atomic E-state index is 0.249. The number of ether oxygens (including phenoxy) is 1. The van der Waals surface area contributed by atoms with E-state index in [1.165, 1.54) is 6.07 Å². The first-order valence-corrected chi connectivity index (χ1v) is 6.78. The number of para-hydroxylation sites is 1. The summed E-state index contributed by atoms with van der Waals surface area (Å²) >= 11 is 0. The van der Waals surface area contributed by atoms with Gasteiger partial charge in [-0.1, -0.05) is 12.1 Å². The fraction of sp³-hybridized carbons (Fsp3) is 0.400. The first-order valence-electron chi connectivity index (χ1n) is 6.78. The number of hydrogen-bond acceptors (Lipinski definition) is 3. The van der Waals surface area contributed by atoms with Crippen molar-refractivity contribution in [2.45, 2.75) is 25.9 Å². The van der Waals surface area contributed by atoms with E-state index in [0.717, 1.165) is 0 Å². The van der Waals surface area contributed by atoms with Gasteiger partial charge < -0.3 is 10.1 Å². The monoisotopic (exact) mass is 277 g/mol. The molecule has 2 aromatic rings. The van der Waals surface area contributed by atoms with E-state index < -0.39 is 0 Å². The smallest absolute Gasteiger partial charge is 0.165 e. The van der Waals surface area contributed by atoms with Crippen molar-refractivity contribution in [3.05, 3.63) is 48.5 Å². The molecule has 0 bridgehead atoms. The Morgan fingerprint density at radius 3 is 2.80 bits per heavy atom. The van der Waals surface area contributed by atoms with E-state index in [2.05, 4.69) is 24.3 Å². The van der Waals surface area contributed by atoms with Crippen molar-refractivity contribution in [1.29, 1.82) is 0 Å². The fourth-order valence-electron chi connectivity index (χ4n) is 1.93. The molecule has 0 spiro atoms. The molecule has 5 heteroatoms. The van der Waals surface area contributed by atoms with Crippen LogP contribution in [-0.4, -0.2) is 29.0 Å². The average molecular weight is 277 g/mol. The van der Waals surface area contributed by atoms with Gasteiger partial charge in [-0.25, -0.2) is 4.39 Å². The third-order valence-electron chi connectivity index (χ3n) is 3.33. The Morgan fingerprint density at radius 1 is 1.30 bits per heavy atom. The van der Waals surface area contributed by atoms with Gasteiger partial charge in [0, 0.05) is 25.0 Å². The molecule has 1 heterocycles. The van der Waals surface area contributed by atoms with Crippen LogP contribution in [0.4, 0.5) is 4.39 Å². The van der Waals surface area contributed by atoms with E-state index in [9.17, 15) is 4.39 Å². The number of nitrogens with one attached hydrogen (secondary N) is 1. The third kappa shape index (κ3) is 3.81. The van der Waals surface area contributed by atoms with Gasteiger partial charge in [-0.3, -0.25) is 4.68 Å². The standard InChI is InChI=1S/C15H20FN3O/c1-12(13(2)19-10-5-8-18-19)17-9-11-20-15-7-4-3-6-14(15)16/h3-8,10,12-13,17H,9,11H2,1-2H3/t12-,13+/m1/s1. The van der Waals surface area contributed by atoms with Gasteiger partial charge in [0.15, 0.2) is 11.6 Å². The van der Waals surface area contributed by atoms with E-state index >= 15 is 0 Å². The zero-order chi connectivity index (χ0) is 14.4. The lowest BCUT2D eigenvalue weighted by Crippen LogP contribution is -2.36. The van der Waals surface area contributed by atoms with Crippen LogP contribution in [0.1, 0.15) is 19.9 Å². The molecule has 0 radical (unpaired) electrons. The average Bonchev–Trinajstić information content (AvgIpc) is 2.98. The summed E-state index contributed by atoms with van der Waals surface area (Å²) < 4.78 is 20.6. The second-order valence-electron chi connectivity index (χ2n) is 4.75. The van der Waals surface area contributed by atoms with Crippen LogP contribution in [-0.2, 0) is 0 Å². The van der Waals surface area contributed by atoms with Crippen LogP contribution >= 0.6 is 0 Å². The topological polar surface area (TPSA) is 39.1 Å². The molecule has 0 amide bonds. The maximum atomic E-state index is 13.3. The lowest BCUT2D eigenvalue weighted by Gasteiger charge is -2.21. The Morgan fingerprint density at radius 2 is 2.10 bits per heavy atom. The second kappa shape index (κ2) is 7.05. The Balaban J connectivity index is 1.72. The van der Waals surface area contributed by atoms with Gasteiger partial charge >= 0.3 is 0 Å². The maximum absolute atomic E-state index is 13.3. The Bertz CT molecular complexity index is 516. The molecule has 0 aliphatic heterocycles. The minimum Gasteiger partial charge on any atom is -0.489 e. The summed E-state index contributed by atoms with van der Waals surface area (Å²) in [6.07, 6.45) is 3.71. The Labute approximate surface area is 118 Å². The number of benzene rings is 1. The fourth-order valence-corrected chi connectivity index (χ4v) is 1.93. The SMILES string of the molecule is C[C@@H](NCCOc1ccccc1F)[C@H](C)n1cccn1. The second-order valence-corrected chi connectivity index (χ2v) is 4.75. The Hall–Kier alpha value is -1.88. The molecule has 2 rings (SSSR count). The van der Waals surface area contributed by atoms with Crippen molar-refractivity contribution in [3.63, 3.8) is 0 Å². The predicted octanol–water partition coefficient (Wildman–Crippen LogP) is 2.64. The number of hydrogen-bond donors (Lipinski definition) is 1. The minimum atomic E-state index is -0.328. The van der Waals surface area contributed by atoms with E-state index in [1.54, 1.807) is 24.4 Å². The molecule has 1 aromatic heterocycles. The van der Waals surface area contributed by atoms with Crippen LogP contribution in [0.25, 0.3) is 0 Å². The summed E-state index contributed by atoms with van der Waals surface area (Å²) in [7, 11) is 0. The summed E-state index contributed by atoms with van der Waals surface area (Å²) in [6, 6.07) is 8.83. The molecule has 0 saturated heterocycles. The van der Waals surface area contributed by atoms with Crippen molar-refractivity contribution in [2.24, 2.45) is 0 Å². The third-order valence-corrected chi connectivity index (χ3v) is 3.33. The van der Waals surface area contributed by atoms with Crippen molar-refractivity contribution >= 4 is 0 Å². The van der Waals surface area contributed by atoms with Gasteiger partial charge in [-0.15, -0.1) is 0 Å². The highest BCUT2D eigenvalue weighted by Gasteiger charge is 2.13. The van der Waals surface area contributed by atoms with Gasteiger partial charge in [0.2, 0.25) is 0 Å². The van der Waals surface area contributed by atoms with Gasteiger partial charge in [0.25, 0.3) is 0 Å². The normalized spacial score (nSPS) is 13.9. The Kier molecular flexibility index (Phi) is 5.12. The number of halogens is 1. The number of nitrogens with zero attached hydrogens (tertiary/aromatic N) is 2. The first kappa shape index (κ1) is 14.5. The molecule has 108 valence electrons. The molecule has 0 unspecified atom stereocenters. The van der Waals surface area contributed by atoms with Gasteiger partial charge in [0.1, 0.15) is 6.61 Å². The van der Waals surface area contributed by atoms with Crippen LogP contribution < -0.4 is 10.1 Å². The van der Waals surface area contributed by atoms with Gasteiger partial charge in [-0.2, -0.15) is 5.10 Å². The lowest BCUT2D eigenvalue weighted by molar-refractivity contribution is 0.278. The molecular weight excluding hydrogens is 257 g/mol. The molecule has 0 aliphatic rings. The first-order chi connectivity index (χ1) is 9.68. The molecule has 0 saturated carbocycles. The summed E-state index contributed by atoms with van der Waals surface area (Å²) in [6.45, 7) is 5.27. The molecule has 2 atom stereocenters. The molecule has 1 N–H and O–H groups in total. The number of aromatic nitrogens is 2. The van der Waals surface area contributed by atoms with Crippen LogP contribution in [0.15, 0.2) is 42.7 Å². The van der Waals surface area contributed by atoms with Crippen molar-refractivity contribution < 1.29 is 9.13 Å². The summed E-state index contributed by atoms with van der Waals surface area (Å²) in [5.41, 5.74) is 0. The van der Waals surface area contributed by atoms with Crippen LogP contribution in [0, 0.1) is 5.82 Å². The zero-order valence-corrected chi connectivity index (χ0v) is 11.8. The highest BCUT2D eigenvalue weighted by molar-refractivity contribution is 5.23. The molecule has 20 heavy (non-hydrogen) atoms. The van der Waals surface area contributed by atoms with Crippen LogP contribution in [0.3, 0.4) is 0 Å². The molecule has 1 aromatic carbocycles. The highest BCUT2D eigenvalue weighted by atomic mass is 19.1. The predicted molar refractivity (Wildman–Crippen MR) is 76.3 cm³/mol. The van der Waals surface area contributed by atoms with Crippen molar-refractivity contribution in [1.82, 2.24) is 15.1 Å². The van der Waals surface area contributed by atoms with Crippen LogP contribution in [0.2, 0.25) is 0 Å². The number of rotatable bonds is 7. The quantitative estimate of drug-likeness (QED) is 0.791. The van der Waals surface area contributed by atoms with E-state index in [1.807, 2.05) is 16.9 Å². The van der Waals surface area contributed by atoms with Crippen molar-refractivity contribution in [3.8, 4) is 5.75 Å². The van der Waals surface area contributed by atoms with Crippen LogP contribution in [0.5, 0.6) is 5.75 Å². The zero-order valence-electron chi connectivity index (χ0n) is 11.8. The molecule has 0 fully saturated rings. The summed E-state index contributed by atoms with van der Waals surface area (Å²) in [4.78, 5) is 0. The van der Waals surface area contributed by atoms with E-state index in [-0.39, 0.29) is 17.9 Å². The maximum Gasteiger partial charge on any atom is 0.165 e. The molecular formula is C15H20FN3O. The lowest BCUT2D eigenvalue weighted by atomic mass is 10.2. The van der Waals surface area contributed by atoms with Gasteiger partial charge in [0.05, 0.1) is 6.04 Å². The summed E-state index contributed by atoms with van der Waals surface area (Å²) in [5, 5.41) is 7.57. The van der Waals surface area contributed by atoms with E-state index in [0.29, 0.717) is 18.9 Å². The molecule has 4 nitrogen and oxygen atoms in total. The van der Waals surface area contributed by atoms with E-state index in [4.69, 9.17) is 4.74 Å². The van der Waals surface area contributed by atoms with Crippen molar-refractivity contribution in [2.75, 3.05) is 13.2 Å². The largest absolute Gasteiger partial charge is 0.489 e. The highest BCUT2D eigenvalue weighted by Crippen LogP contribution is 2.15. The van der Waals surface area contributed by atoms with Gasteiger partial charge in [-0.05, 0) is 32.0 Å².